The number of ether oxygens (including phenoxy) is 1. The lowest BCUT2D eigenvalue weighted by Gasteiger charge is -2.38. The lowest BCUT2D eigenvalue weighted by Crippen LogP contribution is -2.43. The molecular weight excluding hydrogens is 528 g/mol. The van der Waals surface area contributed by atoms with Gasteiger partial charge >= 0.3 is 0 Å². The van der Waals surface area contributed by atoms with E-state index >= 15 is 0 Å². The van der Waals surface area contributed by atoms with Crippen LogP contribution in [0.4, 0.5) is 5.82 Å². The van der Waals surface area contributed by atoms with E-state index in [1.165, 1.54) is 32.0 Å². The Balaban J connectivity index is 1.28. The van der Waals surface area contributed by atoms with Crippen molar-refractivity contribution in [1.29, 1.82) is 0 Å². The molecule has 0 saturated carbocycles. The number of likely N-dealkylation sites (tertiary alicyclic amines) is 2. The van der Waals surface area contributed by atoms with Crippen LogP contribution in [0.5, 0.6) is 0 Å². The van der Waals surface area contributed by atoms with Crippen molar-refractivity contribution in [2.75, 3.05) is 38.6 Å². The maximum Gasteiger partial charge on any atom is 0.247 e. The number of fused-ring (bicyclic) bond motifs is 1. The van der Waals surface area contributed by atoms with E-state index in [2.05, 4.69) is 54.2 Å². The van der Waals surface area contributed by atoms with Crippen molar-refractivity contribution in [2.45, 2.75) is 37.8 Å². The summed E-state index contributed by atoms with van der Waals surface area (Å²) in [5.74, 6) is 0.363. The van der Waals surface area contributed by atoms with E-state index in [4.69, 9.17) is 4.74 Å². The van der Waals surface area contributed by atoms with Crippen molar-refractivity contribution < 1.29 is 9.53 Å². The molecule has 2 N–H and O–H groups in total. The number of rotatable bonds is 8. The molecule has 2 fully saturated rings. The van der Waals surface area contributed by atoms with Crippen LogP contribution in [-0.4, -0.2) is 80.9 Å². The summed E-state index contributed by atoms with van der Waals surface area (Å²) in [5.41, 5.74) is 5.24. The minimum Gasteiger partial charge on any atom is -0.371 e. The molecule has 3 aromatic rings. The highest BCUT2D eigenvalue weighted by Gasteiger charge is 2.29. The number of anilines is 1. The van der Waals surface area contributed by atoms with Gasteiger partial charge < -0.3 is 25.2 Å². The summed E-state index contributed by atoms with van der Waals surface area (Å²) in [6.07, 6.45) is 15.2. The van der Waals surface area contributed by atoms with Crippen LogP contribution in [0.15, 0.2) is 84.8 Å². The lowest BCUT2D eigenvalue weighted by molar-refractivity contribution is -0.115. The maximum atomic E-state index is 12.5. The predicted molar refractivity (Wildman–Crippen MR) is 164 cm³/mol. The fraction of sp³-hybridized carbons (Fsp3) is 0.375. The molecule has 6 rings (SSSR count). The van der Waals surface area contributed by atoms with Gasteiger partial charge in [-0.15, -0.1) is 0 Å². The zero-order valence-corrected chi connectivity index (χ0v) is 24.3. The first-order chi connectivity index (χ1) is 20.5. The van der Waals surface area contributed by atoms with Crippen LogP contribution in [0.3, 0.4) is 0 Å². The molecule has 42 heavy (non-hydrogen) atoms. The summed E-state index contributed by atoms with van der Waals surface area (Å²) in [6, 6.07) is 8.70. The van der Waals surface area contributed by atoms with Gasteiger partial charge in [0.2, 0.25) is 5.91 Å². The Labute approximate surface area is 246 Å². The highest BCUT2D eigenvalue weighted by atomic mass is 16.5. The Hall–Kier alpha value is -4.28. The molecule has 1 aromatic carbocycles. The van der Waals surface area contributed by atoms with E-state index in [1.54, 1.807) is 13.4 Å². The van der Waals surface area contributed by atoms with Gasteiger partial charge in [0.05, 0.1) is 34.5 Å². The van der Waals surface area contributed by atoms with Gasteiger partial charge in [0, 0.05) is 50.3 Å². The van der Waals surface area contributed by atoms with Crippen LogP contribution < -0.4 is 10.6 Å². The summed E-state index contributed by atoms with van der Waals surface area (Å²) in [7, 11) is 3.60. The maximum absolute atomic E-state index is 12.5. The molecule has 0 bridgehead atoms. The molecular formula is C32H38N8O2. The quantitative estimate of drug-likeness (QED) is 0.395. The zero-order chi connectivity index (χ0) is 29.1. The van der Waals surface area contributed by atoms with Gasteiger partial charge in [-0.25, -0.2) is 9.97 Å². The molecule has 0 radical (unpaired) electrons. The Morgan fingerprint density at radius 3 is 2.69 bits per heavy atom. The number of aromatic nitrogens is 4. The molecule has 10 heteroatoms. The van der Waals surface area contributed by atoms with Crippen molar-refractivity contribution in [2.24, 2.45) is 7.05 Å². The number of amides is 1. The zero-order valence-electron chi connectivity index (χ0n) is 24.3. The van der Waals surface area contributed by atoms with Gasteiger partial charge in [0.1, 0.15) is 18.2 Å². The molecule has 1 amide bonds. The summed E-state index contributed by atoms with van der Waals surface area (Å²) in [5, 5.41) is 11.9. The van der Waals surface area contributed by atoms with Crippen LogP contribution in [0.2, 0.25) is 0 Å². The number of allylic oxidation sites excluding steroid dienone is 2. The summed E-state index contributed by atoms with van der Waals surface area (Å²) in [4.78, 5) is 26.6. The summed E-state index contributed by atoms with van der Waals surface area (Å²) < 4.78 is 7.72. The third kappa shape index (κ3) is 5.86. The molecule has 0 spiro atoms. The van der Waals surface area contributed by atoms with Crippen molar-refractivity contribution in [3.63, 3.8) is 0 Å². The van der Waals surface area contributed by atoms with Gasteiger partial charge in [-0.05, 0) is 75.2 Å². The van der Waals surface area contributed by atoms with Gasteiger partial charge in [0.15, 0.2) is 0 Å². The van der Waals surface area contributed by atoms with E-state index in [1.807, 2.05) is 48.3 Å². The molecule has 3 aliphatic rings. The minimum absolute atomic E-state index is 0.260. The molecule has 4 heterocycles. The molecule has 2 saturated heterocycles. The van der Waals surface area contributed by atoms with E-state index < -0.39 is 0 Å². The van der Waals surface area contributed by atoms with Crippen LogP contribution >= 0.6 is 0 Å². The molecule has 218 valence electrons. The average Bonchev–Trinajstić information content (AvgIpc) is 3.65. The normalized spacial score (nSPS) is 20.1. The Morgan fingerprint density at radius 2 is 1.93 bits per heavy atom. The first-order valence-corrected chi connectivity index (χ1v) is 14.6. The van der Waals surface area contributed by atoms with Crippen molar-refractivity contribution >= 4 is 22.6 Å². The second kappa shape index (κ2) is 12.3. The molecule has 2 aliphatic heterocycles. The number of aryl methyl sites for hydroxylation is 1. The minimum atomic E-state index is -0.370. The van der Waals surface area contributed by atoms with Gasteiger partial charge in [-0.1, -0.05) is 12.6 Å². The number of carbonyl (C=O) groups is 1. The fourth-order valence-electron chi connectivity index (χ4n) is 6.19. The third-order valence-electron chi connectivity index (χ3n) is 8.45. The molecule has 2 aromatic heterocycles. The number of carbonyl (C=O) groups excluding carboxylic acids is 1. The highest BCUT2D eigenvalue weighted by Crippen LogP contribution is 2.29. The van der Waals surface area contributed by atoms with E-state index in [9.17, 15) is 4.79 Å². The average molecular weight is 567 g/mol. The molecule has 1 unspecified atom stereocenters. The van der Waals surface area contributed by atoms with Crippen LogP contribution in [0.1, 0.15) is 25.7 Å². The monoisotopic (exact) mass is 566 g/mol. The van der Waals surface area contributed by atoms with E-state index in [0.717, 1.165) is 59.5 Å². The molecule has 1 aliphatic carbocycles. The fourth-order valence-corrected chi connectivity index (χ4v) is 6.19. The largest absolute Gasteiger partial charge is 0.371 e. The Kier molecular flexibility index (Phi) is 8.16. The van der Waals surface area contributed by atoms with Crippen LogP contribution in [0, 0.1) is 0 Å². The number of hydrogen-bond acceptors (Lipinski definition) is 8. The summed E-state index contributed by atoms with van der Waals surface area (Å²) in [6.45, 7) is 7.95. The standard InChI is InChI=1S/C32H38N8O2/c1-4-32(41)37-26-18-27(30(42-3)10-9-29(26)40-15-11-24(12-16-40)39-13-5-6-14-39)36-31-19-25(33-21-34-31)22-7-8-28-23(17-22)20-35-38(28)2/h4,7-10,17-21,24,30H,1,5-6,11-16H2,2-3H3,(H,37,41)(H,33,34,36). The SMILES string of the molecule is C=CC(=O)NC1=C(N2CCC(N3CCCC3)CC2)C=CC(OC)C(Nc2cc(-c3ccc4c(cnn4C)c3)ncn2)=C1. The van der Waals surface area contributed by atoms with Crippen molar-refractivity contribution in [3.8, 4) is 11.3 Å². The number of piperidine rings is 1. The number of methoxy groups -OCH3 is 1. The number of nitrogens with zero attached hydrogens (tertiary/aromatic N) is 6. The first kappa shape index (κ1) is 27.9. The Morgan fingerprint density at radius 1 is 1.12 bits per heavy atom. The highest BCUT2D eigenvalue weighted by molar-refractivity contribution is 5.89. The molecule has 1 atom stereocenters. The number of nitrogens with one attached hydrogen (secondary N) is 2. The van der Waals surface area contributed by atoms with Gasteiger partial charge in [0.25, 0.3) is 0 Å². The lowest BCUT2D eigenvalue weighted by atomic mass is 10.0. The van der Waals surface area contributed by atoms with Gasteiger partial charge in [-0.3, -0.25) is 9.48 Å². The second-order valence-corrected chi connectivity index (χ2v) is 11.0. The summed E-state index contributed by atoms with van der Waals surface area (Å²) >= 11 is 0. The van der Waals surface area contributed by atoms with E-state index in [-0.39, 0.29) is 12.0 Å². The van der Waals surface area contributed by atoms with Crippen LogP contribution in [-0.2, 0) is 16.6 Å². The van der Waals surface area contributed by atoms with Crippen molar-refractivity contribution in [1.82, 2.24) is 34.9 Å². The van der Waals surface area contributed by atoms with Gasteiger partial charge in [-0.2, -0.15) is 5.10 Å². The van der Waals surface area contributed by atoms with Crippen molar-refractivity contribution in [3.05, 3.63) is 84.8 Å². The van der Waals surface area contributed by atoms with E-state index in [0.29, 0.717) is 17.6 Å². The molecule has 10 nitrogen and oxygen atoms in total. The Bertz CT molecular complexity index is 1560. The van der Waals surface area contributed by atoms with Crippen LogP contribution in [0.25, 0.3) is 22.2 Å². The first-order valence-electron chi connectivity index (χ1n) is 14.6. The second-order valence-electron chi connectivity index (χ2n) is 11.0. The smallest absolute Gasteiger partial charge is 0.247 e. The number of hydrogen-bond donors (Lipinski definition) is 2. The predicted octanol–water partition coefficient (Wildman–Crippen LogP) is 3.98. The topological polar surface area (TPSA) is 100 Å². The number of benzene rings is 1. The third-order valence-corrected chi connectivity index (χ3v) is 8.45.